The molecule has 6 fully saturated rings. The van der Waals surface area contributed by atoms with Gasteiger partial charge in [0, 0.05) is 102 Å². The largest absolute Gasteiger partial charge is 1.00 e. The minimum Gasteiger partial charge on any atom is -0.857 e. The molecule has 144 heavy (non-hydrogen) atoms. The predicted molar refractivity (Wildman–Crippen MR) is 496 cm³/mol. The number of thioether (sulfide) groups is 3. The summed E-state index contributed by atoms with van der Waals surface area (Å²) in [6.45, 7) is 6.48. The molecule has 11 heterocycles. The summed E-state index contributed by atoms with van der Waals surface area (Å²) in [5, 5.41) is 107. The van der Waals surface area contributed by atoms with Crippen LogP contribution in [0.25, 0.3) is 66.7 Å². The first-order valence-electron chi connectivity index (χ1n) is 44.1. The molecule has 5 aromatic heterocycles. The smallest absolute Gasteiger partial charge is 0.857 e. The van der Waals surface area contributed by atoms with Crippen LogP contribution in [-0.4, -0.2) is 299 Å². The Morgan fingerprint density at radius 1 is 0.472 bits per heavy atom. The van der Waals surface area contributed by atoms with Crippen molar-refractivity contribution in [1.29, 1.82) is 0 Å². The van der Waals surface area contributed by atoms with Gasteiger partial charge in [-0.05, 0) is 84.4 Å². The summed E-state index contributed by atoms with van der Waals surface area (Å²) < 4.78 is 195. The van der Waals surface area contributed by atoms with Crippen molar-refractivity contribution in [2.24, 2.45) is 17.0 Å². The van der Waals surface area contributed by atoms with Crippen molar-refractivity contribution in [3.63, 3.8) is 0 Å². The average molecular weight is 2080 g/mol. The Balaban J connectivity index is 0.000000183. The Kier molecular flexibility index (Phi) is 39.9. The average Bonchev–Trinajstić information content (AvgIpc) is 1.70. The van der Waals surface area contributed by atoms with Gasteiger partial charge in [-0.2, -0.15) is 7.11 Å². The molecule has 17 rings (SSSR count). The van der Waals surface area contributed by atoms with Gasteiger partial charge in [0.05, 0.1) is 142 Å². The maximum Gasteiger partial charge on any atom is 1.00 e. The Hall–Kier alpha value is -11.0. The number of carbonyl (C=O) groups excluding carboxylic acids is 2. The standard InChI is InChI=1S/C31H34F3N7O6S.C28H30F3N7O6S.C23H27F3N6O6S.C8H7N.CH3O.Na/c1-15-25(13-46-16(2)42)47-31(30(44-3)28(15)41-11-23(37-39-41)18-8-20(32)27(34)21(33)9-18)48-26-14-45-12-24(29(26)43)40-10-22(36-38-40)17-5-4-6-19(35)7-17;1-42-27-24(38-9-19(34-36-38)14-6-16(29)23(31)17(30)7-14)26(41)21(10-39)44-28(27)45-22-12-43-11-20(25(22)40)37-8-18(33-35-37)13-3-2-4-15(32)5-13;1-10-17(8-37-11(2)33)38-23(39-18-9-36-7-16(21(18)34)28-30-27)22(35-3)20(10)32-6-15(29-31-32)12-4-13(24)19(26)14(25)5-12;1-2-7-4-3-5-8(9)6-7;1-2;/h4-11,15,24-26,28-31,43H,12-14,35H2,1-3H3;2-9,20-22,24-28,39-41H,10-12,32H2,1H3;4-6,10,16-18,20-23,34H,7-9H2,1-3H3;1,3-6H,9H2;1H3;/q;;;;-1;+1. The molecule has 0 radical (unpaired) electrons. The first-order chi connectivity index (χ1) is 68.7. The summed E-state index contributed by atoms with van der Waals surface area (Å²) in [5.41, 5.74) is 29.3. The summed E-state index contributed by atoms with van der Waals surface area (Å²) in [7, 11) is 5.11. The molecule has 6 aromatic carbocycles. The summed E-state index contributed by atoms with van der Waals surface area (Å²) in [6, 6.07) is 22.5. The normalized spacial score (nSPS) is 27.1. The number of terminal acetylenes is 1. The molecule has 24 atom stereocenters. The van der Waals surface area contributed by atoms with Crippen LogP contribution in [0, 0.1) is 76.5 Å². The van der Waals surface area contributed by atoms with Gasteiger partial charge >= 0.3 is 41.5 Å². The zero-order chi connectivity index (χ0) is 103. The molecular formula is C91H101F9N21NaO19S3. The third kappa shape index (κ3) is 26.5. The molecule has 53 heteroatoms. The predicted octanol–water partition coefficient (Wildman–Crippen LogP) is 5.23. The number of aliphatic hydroxyl groups is 5. The van der Waals surface area contributed by atoms with Crippen LogP contribution in [0.2, 0.25) is 0 Å². The zero-order valence-corrected chi connectivity index (χ0v) is 82.9. The molecule has 0 amide bonds. The number of aliphatic hydroxyl groups excluding tert-OH is 5. The molecule has 40 nitrogen and oxygen atoms in total. The number of anilines is 3. The first-order valence-corrected chi connectivity index (χ1v) is 46.9. The van der Waals surface area contributed by atoms with Crippen molar-refractivity contribution < 1.29 is 161 Å². The zero-order valence-electron chi connectivity index (χ0n) is 78.4. The summed E-state index contributed by atoms with van der Waals surface area (Å²) >= 11 is 3.69. The van der Waals surface area contributed by atoms with Crippen LogP contribution in [0.4, 0.5) is 56.6 Å². The van der Waals surface area contributed by atoms with Crippen LogP contribution < -0.4 is 51.9 Å². The number of nitrogen functional groups attached to an aromatic ring is 3. The van der Waals surface area contributed by atoms with E-state index in [2.05, 4.69) is 67.5 Å². The molecule has 6 aliphatic heterocycles. The number of nitrogens with two attached hydrogens (primary N) is 3. The van der Waals surface area contributed by atoms with Crippen LogP contribution in [0.15, 0.2) is 145 Å². The number of benzene rings is 6. The fraction of sp³-hybridized carbons (Fsp3) is 0.451. The Bertz CT molecular complexity index is 6180. The number of ether oxygens (including phenoxy) is 11. The molecule has 11 aromatic rings. The third-order valence-electron chi connectivity index (χ3n) is 24.2. The van der Waals surface area contributed by atoms with Gasteiger partial charge in [0.1, 0.15) is 107 Å². The number of hydrogen-bond donors (Lipinski definition) is 8. The number of carbonyl (C=O) groups is 2. The van der Waals surface area contributed by atoms with Gasteiger partial charge in [-0.25, -0.2) is 62.9 Å². The molecule has 766 valence electrons. The monoisotopic (exact) mass is 2080 g/mol. The molecule has 0 saturated carbocycles. The van der Waals surface area contributed by atoms with Gasteiger partial charge in [-0.1, -0.05) is 81.3 Å². The van der Waals surface area contributed by atoms with Crippen molar-refractivity contribution >= 4 is 64.3 Å². The molecular weight excluding hydrogens is 1980 g/mol. The van der Waals surface area contributed by atoms with E-state index in [1.54, 1.807) is 59.5 Å². The minimum absolute atomic E-state index is 0. The quantitative estimate of drug-likeness (QED) is 0.00417. The second-order valence-electron chi connectivity index (χ2n) is 33.4. The van der Waals surface area contributed by atoms with Crippen LogP contribution >= 0.6 is 35.3 Å². The molecule has 0 spiro atoms. The second kappa shape index (κ2) is 51.4. The topological polar surface area (TPSA) is 540 Å². The van der Waals surface area contributed by atoms with Crippen molar-refractivity contribution in [2.45, 2.75) is 157 Å². The molecule has 6 saturated heterocycles. The molecule has 0 bridgehead atoms. The van der Waals surface area contributed by atoms with Gasteiger partial charge in [-0.3, -0.25) is 9.59 Å². The maximum atomic E-state index is 14.0. The Morgan fingerprint density at radius 3 is 1.12 bits per heavy atom. The van der Waals surface area contributed by atoms with E-state index in [0.717, 1.165) is 60.2 Å². The molecule has 11 N–H and O–H groups in total. The van der Waals surface area contributed by atoms with E-state index >= 15 is 0 Å². The van der Waals surface area contributed by atoms with E-state index in [1.165, 1.54) is 108 Å². The molecule has 0 aliphatic carbocycles. The van der Waals surface area contributed by atoms with Crippen molar-refractivity contribution in [3.8, 4) is 68.6 Å². The fourth-order valence-electron chi connectivity index (χ4n) is 16.8. The number of nitrogens with zero attached hydrogens (tertiary/aromatic N) is 18. The first kappa shape index (κ1) is 112. The Labute approximate surface area is 851 Å². The number of aromatic nitrogens is 15. The summed E-state index contributed by atoms with van der Waals surface area (Å²) in [5.74, 6) is -12.3. The van der Waals surface area contributed by atoms with Crippen molar-refractivity contribution in [2.75, 3.05) is 105 Å². The van der Waals surface area contributed by atoms with E-state index in [0.29, 0.717) is 28.5 Å². The van der Waals surface area contributed by atoms with Gasteiger partial charge in [0.25, 0.3) is 0 Å². The maximum absolute atomic E-state index is 14.0. The van der Waals surface area contributed by atoms with Crippen LogP contribution in [0.5, 0.6) is 0 Å². The summed E-state index contributed by atoms with van der Waals surface area (Å²) in [6.07, 6.45) is 3.88. The third-order valence-corrected chi connectivity index (χ3v) is 28.4. The van der Waals surface area contributed by atoms with E-state index in [9.17, 15) is 74.6 Å². The van der Waals surface area contributed by atoms with Crippen molar-refractivity contribution in [1.82, 2.24) is 75.0 Å². The second-order valence-corrected chi connectivity index (χ2v) is 37.4. The molecule has 6 aliphatic rings. The number of esters is 2. The van der Waals surface area contributed by atoms with Crippen LogP contribution in [-0.2, 0) is 61.7 Å². The fourth-order valence-corrected chi connectivity index (χ4v) is 21.3. The van der Waals surface area contributed by atoms with Gasteiger partial charge in [-0.15, -0.1) is 67.2 Å². The minimum atomic E-state index is -1.61. The van der Waals surface area contributed by atoms with E-state index in [1.807, 2.05) is 44.2 Å². The van der Waals surface area contributed by atoms with Gasteiger partial charge in [0.15, 0.2) is 52.4 Å². The number of methoxy groups -OCH3 is 3. The van der Waals surface area contributed by atoms with Crippen molar-refractivity contribution in [3.05, 3.63) is 209 Å². The molecule has 24 unspecified atom stereocenters. The van der Waals surface area contributed by atoms with E-state index < -0.39 is 200 Å². The number of azide groups is 1. The SMILES string of the molecule is C#Cc1cccc(N)c1.COC1C(SC2COCC(N=[N+]=[N-])C2O)OC(COC(C)=O)C(C)C1n1cc(-c2cc(F)c(F)c(F)c2)nn1.COC1C(SC2COCC(n3cc(-c4cccc(N)c4)nn3)C2O)OC(CO)C(O)C1n1cc(-c2cc(F)c(F)c(F)c2)nn1.COC1C(SC2COCC(n3cc(-c4cccc(N)c4)nn3)C2O)OC(COC(C)=O)C(C)C1n1cc(-c2cc(F)c(F)c(F)c2)nn1.C[O-].[Na+]. The summed E-state index contributed by atoms with van der Waals surface area (Å²) in [4.78, 5) is 26.0. The van der Waals surface area contributed by atoms with E-state index in [4.69, 9.17) is 86.4 Å². The van der Waals surface area contributed by atoms with Gasteiger partial charge < -0.3 is 99.9 Å². The number of halogens is 9. The Morgan fingerprint density at radius 2 is 0.792 bits per heavy atom. The van der Waals surface area contributed by atoms with Crippen LogP contribution in [0.3, 0.4) is 0 Å². The van der Waals surface area contributed by atoms with E-state index in [-0.39, 0.29) is 128 Å². The number of hydrogen-bond acceptors (Lipinski definition) is 36. The van der Waals surface area contributed by atoms with Gasteiger partial charge in [0.2, 0.25) is 0 Å². The van der Waals surface area contributed by atoms with Crippen LogP contribution in [0.1, 0.15) is 63.5 Å². The number of rotatable bonds is 25.